The Labute approximate surface area is 131 Å². The molecule has 0 bridgehead atoms. The fourth-order valence-corrected chi connectivity index (χ4v) is 2.84. The van der Waals surface area contributed by atoms with Gasteiger partial charge in [0.1, 0.15) is 11.3 Å². The minimum absolute atomic E-state index is 0.304. The topological polar surface area (TPSA) is 30.7 Å². The zero-order chi connectivity index (χ0) is 14.1. The summed E-state index contributed by atoms with van der Waals surface area (Å²) in [4.78, 5) is 8.83. The third-order valence-corrected chi connectivity index (χ3v) is 4.03. The molecule has 2 aromatic heterocycles. The molecular formula is C14H10Cl3N3. The van der Waals surface area contributed by atoms with E-state index in [9.17, 15) is 0 Å². The molecule has 102 valence electrons. The Balaban J connectivity index is 2.15. The first-order valence-corrected chi connectivity index (χ1v) is 7.28. The molecule has 0 unspecified atom stereocenters. The Morgan fingerprint density at radius 2 is 1.80 bits per heavy atom. The average Bonchev–Trinajstić information content (AvgIpc) is 2.81. The molecule has 0 atom stereocenters. The molecule has 1 aromatic carbocycles. The van der Waals surface area contributed by atoms with Crippen LogP contribution in [0.2, 0.25) is 10.0 Å². The van der Waals surface area contributed by atoms with Crippen molar-refractivity contribution in [3.8, 4) is 0 Å². The van der Waals surface area contributed by atoms with Gasteiger partial charge in [0.2, 0.25) is 0 Å². The molecule has 0 spiro atoms. The minimum atomic E-state index is 0.304. The van der Waals surface area contributed by atoms with Crippen molar-refractivity contribution in [2.24, 2.45) is 0 Å². The SMILES string of the molecule is ClCc1nc2cccnc2n1Cc1c(Cl)cccc1Cl. The lowest BCUT2D eigenvalue weighted by Crippen LogP contribution is -2.05. The highest BCUT2D eigenvalue weighted by atomic mass is 35.5. The van der Waals surface area contributed by atoms with Gasteiger partial charge in [-0.2, -0.15) is 0 Å². The quantitative estimate of drug-likeness (QED) is 0.662. The normalized spacial score (nSPS) is 11.2. The first-order chi connectivity index (χ1) is 9.70. The van der Waals surface area contributed by atoms with Crippen molar-refractivity contribution in [3.63, 3.8) is 0 Å². The van der Waals surface area contributed by atoms with Crippen LogP contribution in [-0.2, 0) is 12.4 Å². The van der Waals surface area contributed by atoms with E-state index >= 15 is 0 Å². The molecule has 2 heterocycles. The molecule has 3 aromatic rings. The third-order valence-electron chi connectivity index (χ3n) is 3.08. The highest BCUT2D eigenvalue weighted by Gasteiger charge is 2.14. The summed E-state index contributed by atoms with van der Waals surface area (Å²) in [6.45, 7) is 0.494. The predicted molar refractivity (Wildman–Crippen MR) is 82.6 cm³/mol. The molecule has 0 amide bonds. The Morgan fingerprint density at radius 1 is 1.05 bits per heavy atom. The van der Waals surface area contributed by atoms with Crippen molar-refractivity contribution in [2.75, 3.05) is 0 Å². The van der Waals surface area contributed by atoms with Gasteiger partial charge in [-0.15, -0.1) is 11.6 Å². The molecule has 3 nitrogen and oxygen atoms in total. The number of halogens is 3. The van der Waals surface area contributed by atoms with Crippen LogP contribution in [0.25, 0.3) is 11.2 Å². The first-order valence-electron chi connectivity index (χ1n) is 5.99. The van der Waals surface area contributed by atoms with E-state index < -0.39 is 0 Å². The molecule has 0 aliphatic rings. The van der Waals surface area contributed by atoms with E-state index in [4.69, 9.17) is 34.8 Å². The highest BCUT2D eigenvalue weighted by molar-refractivity contribution is 6.36. The van der Waals surface area contributed by atoms with Crippen molar-refractivity contribution in [3.05, 3.63) is 58.0 Å². The molecular weight excluding hydrogens is 317 g/mol. The molecule has 0 aliphatic carbocycles. The van der Waals surface area contributed by atoms with Crippen LogP contribution in [0.15, 0.2) is 36.5 Å². The van der Waals surface area contributed by atoms with E-state index in [0.717, 1.165) is 22.6 Å². The number of imidazole rings is 1. The number of alkyl halides is 1. The zero-order valence-electron chi connectivity index (χ0n) is 10.4. The summed E-state index contributed by atoms with van der Waals surface area (Å²) in [5, 5.41) is 1.24. The van der Waals surface area contributed by atoms with Gasteiger partial charge in [-0.3, -0.25) is 0 Å². The second-order valence-electron chi connectivity index (χ2n) is 4.29. The van der Waals surface area contributed by atoms with Crippen molar-refractivity contribution < 1.29 is 0 Å². The van der Waals surface area contributed by atoms with Gasteiger partial charge in [0.05, 0.1) is 12.4 Å². The number of aromatic nitrogens is 3. The van der Waals surface area contributed by atoms with Crippen molar-refractivity contribution >= 4 is 46.0 Å². The second kappa shape index (κ2) is 5.60. The lowest BCUT2D eigenvalue weighted by Gasteiger charge is -2.10. The number of rotatable bonds is 3. The molecule has 3 rings (SSSR count). The molecule has 20 heavy (non-hydrogen) atoms. The van der Waals surface area contributed by atoms with Crippen LogP contribution in [-0.4, -0.2) is 14.5 Å². The van der Waals surface area contributed by atoms with E-state index in [1.807, 2.05) is 34.9 Å². The molecule has 0 saturated carbocycles. The molecule has 0 saturated heterocycles. The second-order valence-corrected chi connectivity index (χ2v) is 5.38. The zero-order valence-corrected chi connectivity index (χ0v) is 12.6. The number of benzene rings is 1. The van der Waals surface area contributed by atoms with Crippen LogP contribution in [0, 0.1) is 0 Å². The van der Waals surface area contributed by atoms with Gasteiger partial charge in [0, 0.05) is 21.8 Å². The summed E-state index contributed by atoms with van der Waals surface area (Å²) in [7, 11) is 0. The largest absolute Gasteiger partial charge is 0.307 e. The highest BCUT2D eigenvalue weighted by Crippen LogP contribution is 2.27. The molecule has 0 fully saturated rings. The number of fused-ring (bicyclic) bond motifs is 1. The van der Waals surface area contributed by atoms with Crippen molar-refractivity contribution in [2.45, 2.75) is 12.4 Å². The van der Waals surface area contributed by atoms with Crippen LogP contribution in [0.4, 0.5) is 0 Å². The van der Waals surface area contributed by atoms with Gasteiger partial charge in [0.25, 0.3) is 0 Å². The molecule has 0 radical (unpaired) electrons. The summed E-state index contributed by atoms with van der Waals surface area (Å²) in [6.07, 6.45) is 1.73. The number of hydrogen-bond donors (Lipinski definition) is 0. The van der Waals surface area contributed by atoms with E-state index in [0.29, 0.717) is 22.5 Å². The van der Waals surface area contributed by atoms with Gasteiger partial charge in [0.15, 0.2) is 5.65 Å². The van der Waals surface area contributed by atoms with Gasteiger partial charge < -0.3 is 4.57 Å². The summed E-state index contributed by atoms with van der Waals surface area (Å²) in [5.41, 5.74) is 2.43. The minimum Gasteiger partial charge on any atom is -0.307 e. The van der Waals surface area contributed by atoms with Crippen LogP contribution in [0.1, 0.15) is 11.4 Å². The lowest BCUT2D eigenvalue weighted by atomic mass is 10.2. The Hall–Kier alpha value is -1.29. The third kappa shape index (κ3) is 2.37. The molecule has 6 heteroatoms. The average molecular weight is 327 g/mol. The molecule has 0 N–H and O–H groups in total. The van der Waals surface area contributed by atoms with Crippen LogP contribution in [0.3, 0.4) is 0 Å². The number of hydrogen-bond acceptors (Lipinski definition) is 2. The maximum atomic E-state index is 6.22. The van der Waals surface area contributed by atoms with Gasteiger partial charge in [-0.25, -0.2) is 9.97 Å². The van der Waals surface area contributed by atoms with E-state index in [1.54, 1.807) is 6.20 Å². The fourth-order valence-electron chi connectivity index (χ4n) is 2.12. The van der Waals surface area contributed by atoms with Crippen molar-refractivity contribution in [1.29, 1.82) is 0 Å². The predicted octanol–water partition coefficient (Wildman–Crippen LogP) is 4.53. The maximum Gasteiger partial charge on any atom is 0.160 e. The fraction of sp³-hybridized carbons (Fsp3) is 0.143. The Bertz CT molecular complexity index is 747. The monoisotopic (exact) mass is 325 g/mol. The lowest BCUT2D eigenvalue weighted by molar-refractivity contribution is 0.771. The van der Waals surface area contributed by atoms with Crippen LogP contribution < -0.4 is 0 Å². The Morgan fingerprint density at radius 3 is 2.50 bits per heavy atom. The van der Waals surface area contributed by atoms with E-state index in [1.165, 1.54) is 0 Å². The smallest absolute Gasteiger partial charge is 0.160 e. The summed E-state index contributed by atoms with van der Waals surface area (Å²) < 4.78 is 1.94. The van der Waals surface area contributed by atoms with E-state index in [-0.39, 0.29) is 0 Å². The first kappa shape index (κ1) is 13.7. The van der Waals surface area contributed by atoms with Crippen LogP contribution in [0.5, 0.6) is 0 Å². The summed E-state index contributed by atoms with van der Waals surface area (Å²) >= 11 is 18.4. The van der Waals surface area contributed by atoms with Crippen LogP contribution >= 0.6 is 34.8 Å². The maximum absolute atomic E-state index is 6.22. The Kier molecular flexibility index (Phi) is 3.83. The summed E-state index contributed by atoms with van der Waals surface area (Å²) in [5.74, 6) is 1.05. The standard InChI is InChI=1S/C14H10Cl3N3/c15-7-13-19-12-5-2-6-18-14(12)20(13)8-9-10(16)3-1-4-11(9)17/h1-6H,7-8H2. The molecule has 0 aliphatic heterocycles. The van der Waals surface area contributed by atoms with E-state index in [2.05, 4.69) is 9.97 Å². The van der Waals surface area contributed by atoms with Gasteiger partial charge >= 0.3 is 0 Å². The van der Waals surface area contributed by atoms with Crippen molar-refractivity contribution in [1.82, 2.24) is 14.5 Å². The summed E-state index contributed by atoms with van der Waals surface area (Å²) in [6, 6.07) is 9.20. The van der Waals surface area contributed by atoms with Gasteiger partial charge in [-0.1, -0.05) is 29.3 Å². The number of nitrogens with zero attached hydrogens (tertiary/aromatic N) is 3. The number of pyridine rings is 1. The van der Waals surface area contributed by atoms with Gasteiger partial charge in [-0.05, 0) is 24.3 Å².